The van der Waals surface area contributed by atoms with Gasteiger partial charge in [-0.25, -0.2) is 0 Å². The standard InChI is InChI=1S/C43H78O9/c1-3-5-7-9-11-13-15-16-17-18-19-20-21-23-25-27-29-31-33-49-35-37(36-50-43-42(48)41(47)40(46)38(34-44)52-43)51-39(45)32-30-28-26-24-22-14-12-10-8-6-4-2/h5,7,11,13,16-17,37-38,40-44,46-48H,3-4,6,8-10,12,14-15,18-36H2,1-2H3/b7-5-,13-11-,17-16-. The molecule has 0 aromatic rings. The zero-order valence-corrected chi connectivity index (χ0v) is 33.1. The number of carbonyl (C=O) groups is 1. The molecular formula is C43H78O9. The number of allylic oxidation sites excluding steroid dienone is 6. The van der Waals surface area contributed by atoms with E-state index in [1.165, 1.54) is 89.9 Å². The Bertz CT molecular complexity index is 890. The molecule has 0 radical (unpaired) electrons. The lowest BCUT2D eigenvalue weighted by atomic mass is 9.99. The van der Waals surface area contributed by atoms with Crippen molar-refractivity contribution in [3.63, 3.8) is 0 Å². The molecular weight excluding hydrogens is 660 g/mol. The Kier molecular flexibility index (Phi) is 32.7. The van der Waals surface area contributed by atoms with Crippen molar-refractivity contribution in [3.8, 4) is 0 Å². The number of unbranched alkanes of at least 4 members (excludes halogenated alkanes) is 18. The molecule has 0 aromatic carbocycles. The summed E-state index contributed by atoms with van der Waals surface area (Å²) in [5.74, 6) is -0.318. The van der Waals surface area contributed by atoms with E-state index in [9.17, 15) is 25.2 Å². The Labute approximate surface area is 317 Å². The van der Waals surface area contributed by atoms with E-state index >= 15 is 0 Å². The van der Waals surface area contributed by atoms with Crippen LogP contribution in [0.1, 0.15) is 168 Å². The van der Waals surface area contributed by atoms with E-state index in [4.69, 9.17) is 18.9 Å². The minimum absolute atomic E-state index is 0.115. The van der Waals surface area contributed by atoms with Gasteiger partial charge in [0.2, 0.25) is 0 Å². The van der Waals surface area contributed by atoms with Gasteiger partial charge in [0, 0.05) is 13.0 Å². The van der Waals surface area contributed by atoms with Crippen molar-refractivity contribution >= 4 is 5.97 Å². The van der Waals surface area contributed by atoms with E-state index in [1.807, 2.05) is 0 Å². The molecule has 1 aliphatic rings. The van der Waals surface area contributed by atoms with Crippen molar-refractivity contribution in [1.29, 1.82) is 0 Å². The van der Waals surface area contributed by atoms with E-state index in [0.717, 1.165) is 57.8 Å². The highest BCUT2D eigenvalue weighted by atomic mass is 16.7. The summed E-state index contributed by atoms with van der Waals surface area (Å²) >= 11 is 0. The van der Waals surface area contributed by atoms with Crippen LogP contribution in [0.5, 0.6) is 0 Å². The molecule has 0 spiro atoms. The Morgan fingerprint density at radius 1 is 0.635 bits per heavy atom. The predicted octanol–water partition coefficient (Wildman–Crippen LogP) is 8.80. The maximum absolute atomic E-state index is 12.7. The Morgan fingerprint density at radius 3 is 1.77 bits per heavy atom. The van der Waals surface area contributed by atoms with Gasteiger partial charge in [0.05, 0.1) is 19.8 Å². The highest BCUT2D eigenvalue weighted by molar-refractivity contribution is 5.69. The number of ether oxygens (including phenoxy) is 4. The maximum Gasteiger partial charge on any atom is 0.306 e. The maximum atomic E-state index is 12.7. The summed E-state index contributed by atoms with van der Waals surface area (Å²) in [5, 5.41) is 40.0. The first-order valence-corrected chi connectivity index (χ1v) is 21.1. The highest BCUT2D eigenvalue weighted by Crippen LogP contribution is 2.22. The minimum atomic E-state index is -1.54. The van der Waals surface area contributed by atoms with Crippen molar-refractivity contribution in [2.75, 3.05) is 26.4 Å². The smallest absolute Gasteiger partial charge is 0.306 e. The van der Waals surface area contributed by atoms with Gasteiger partial charge in [-0.3, -0.25) is 4.79 Å². The zero-order valence-electron chi connectivity index (χ0n) is 33.1. The van der Waals surface area contributed by atoms with Gasteiger partial charge in [-0.05, 0) is 44.9 Å². The number of hydrogen-bond acceptors (Lipinski definition) is 9. The third-order valence-electron chi connectivity index (χ3n) is 9.57. The van der Waals surface area contributed by atoms with Gasteiger partial charge in [0.25, 0.3) is 0 Å². The largest absolute Gasteiger partial charge is 0.457 e. The fourth-order valence-corrected chi connectivity index (χ4v) is 6.27. The van der Waals surface area contributed by atoms with Gasteiger partial charge < -0.3 is 39.4 Å². The van der Waals surface area contributed by atoms with Crippen LogP contribution in [0.15, 0.2) is 36.5 Å². The van der Waals surface area contributed by atoms with Crippen LogP contribution in [0, 0.1) is 0 Å². The first-order valence-electron chi connectivity index (χ1n) is 21.1. The van der Waals surface area contributed by atoms with Gasteiger partial charge in [0.1, 0.15) is 30.5 Å². The van der Waals surface area contributed by atoms with Gasteiger partial charge in [0.15, 0.2) is 6.29 Å². The van der Waals surface area contributed by atoms with Crippen LogP contribution in [0.4, 0.5) is 0 Å². The molecule has 4 N–H and O–H groups in total. The molecule has 9 heteroatoms. The first-order chi connectivity index (χ1) is 25.4. The van der Waals surface area contributed by atoms with E-state index in [2.05, 4.69) is 50.3 Å². The Balaban J connectivity index is 2.27. The SMILES string of the molecule is CC/C=C\C/C=C\C/C=C\CCCCCCCCCCOCC(COC1OC(CO)C(O)C(O)C1O)OC(=O)CCCCCCCCCCCCC. The number of rotatable bonds is 35. The number of hydrogen-bond donors (Lipinski definition) is 4. The second-order valence-corrected chi connectivity index (χ2v) is 14.4. The molecule has 1 rings (SSSR count). The molecule has 0 bridgehead atoms. The number of aliphatic hydroxyl groups excluding tert-OH is 4. The fourth-order valence-electron chi connectivity index (χ4n) is 6.27. The predicted molar refractivity (Wildman–Crippen MR) is 210 cm³/mol. The third-order valence-corrected chi connectivity index (χ3v) is 9.57. The van der Waals surface area contributed by atoms with Gasteiger partial charge in [-0.1, -0.05) is 153 Å². The van der Waals surface area contributed by atoms with Crippen LogP contribution in [-0.2, 0) is 23.7 Å². The monoisotopic (exact) mass is 739 g/mol. The topological polar surface area (TPSA) is 135 Å². The van der Waals surface area contributed by atoms with E-state index in [0.29, 0.717) is 13.0 Å². The first kappa shape index (κ1) is 48.4. The second kappa shape index (κ2) is 35.1. The summed E-state index contributed by atoms with van der Waals surface area (Å²) < 4.78 is 22.7. The molecule has 1 aliphatic heterocycles. The molecule has 52 heavy (non-hydrogen) atoms. The van der Waals surface area contributed by atoms with Crippen LogP contribution >= 0.6 is 0 Å². The van der Waals surface area contributed by atoms with Gasteiger partial charge in [-0.15, -0.1) is 0 Å². The van der Waals surface area contributed by atoms with Crippen LogP contribution in [-0.4, -0.2) is 89.6 Å². The molecule has 1 fully saturated rings. The summed E-state index contributed by atoms with van der Waals surface area (Å²) in [6.45, 7) is 4.42. The zero-order chi connectivity index (χ0) is 37.9. The molecule has 0 amide bonds. The van der Waals surface area contributed by atoms with E-state index in [-0.39, 0.29) is 19.2 Å². The van der Waals surface area contributed by atoms with Crippen molar-refractivity contribution < 1.29 is 44.2 Å². The summed E-state index contributed by atoms with van der Waals surface area (Å²) in [7, 11) is 0. The molecule has 0 saturated carbocycles. The quantitative estimate of drug-likeness (QED) is 0.0286. The molecule has 9 nitrogen and oxygen atoms in total. The number of aliphatic hydroxyl groups is 4. The average Bonchev–Trinajstić information content (AvgIpc) is 3.14. The van der Waals surface area contributed by atoms with Crippen LogP contribution in [0.2, 0.25) is 0 Å². The number of carbonyl (C=O) groups excluding carboxylic acids is 1. The summed E-state index contributed by atoms with van der Waals surface area (Å²) in [6, 6.07) is 0. The lowest BCUT2D eigenvalue weighted by molar-refractivity contribution is -0.305. The Hall–Kier alpha value is -1.59. The van der Waals surface area contributed by atoms with Gasteiger partial charge in [-0.2, -0.15) is 0 Å². The lowest BCUT2D eigenvalue weighted by Crippen LogP contribution is -2.59. The third kappa shape index (κ3) is 26.2. The van der Waals surface area contributed by atoms with Crippen molar-refractivity contribution in [3.05, 3.63) is 36.5 Å². The fraction of sp³-hybridized carbons (Fsp3) is 0.837. The number of esters is 1. The van der Waals surface area contributed by atoms with Gasteiger partial charge >= 0.3 is 5.97 Å². The van der Waals surface area contributed by atoms with Crippen molar-refractivity contribution in [1.82, 2.24) is 0 Å². The summed E-state index contributed by atoms with van der Waals surface area (Å²) in [4.78, 5) is 12.7. The molecule has 1 saturated heterocycles. The molecule has 1 heterocycles. The molecule has 304 valence electrons. The summed E-state index contributed by atoms with van der Waals surface area (Å²) in [6.07, 6.45) is 33.1. The molecule has 0 aliphatic carbocycles. The Morgan fingerprint density at radius 2 is 1.17 bits per heavy atom. The molecule has 6 atom stereocenters. The van der Waals surface area contributed by atoms with Crippen LogP contribution < -0.4 is 0 Å². The minimum Gasteiger partial charge on any atom is -0.457 e. The summed E-state index contributed by atoms with van der Waals surface area (Å²) in [5.41, 5.74) is 0. The average molecular weight is 739 g/mol. The van der Waals surface area contributed by atoms with Crippen molar-refractivity contribution in [2.24, 2.45) is 0 Å². The van der Waals surface area contributed by atoms with Crippen LogP contribution in [0.3, 0.4) is 0 Å². The van der Waals surface area contributed by atoms with E-state index < -0.39 is 43.4 Å². The highest BCUT2D eigenvalue weighted by Gasteiger charge is 2.44. The van der Waals surface area contributed by atoms with E-state index in [1.54, 1.807) is 0 Å². The molecule has 0 aromatic heterocycles. The molecule has 6 unspecified atom stereocenters. The lowest BCUT2D eigenvalue weighted by Gasteiger charge is -2.39. The normalized spacial score (nSPS) is 21.5. The van der Waals surface area contributed by atoms with Crippen molar-refractivity contribution in [2.45, 2.75) is 205 Å². The second-order valence-electron chi connectivity index (χ2n) is 14.4. The van der Waals surface area contributed by atoms with Crippen LogP contribution in [0.25, 0.3) is 0 Å².